The minimum atomic E-state index is -4.29. The molecule has 106 valence electrons. The van der Waals surface area contributed by atoms with Gasteiger partial charge < -0.3 is 5.32 Å². The Kier molecular flexibility index (Phi) is 4.02. The molecule has 0 radical (unpaired) electrons. The molecule has 0 aromatic heterocycles. The highest BCUT2D eigenvalue weighted by Gasteiger charge is 2.30. The summed E-state index contributed by atoms with van der Waals surface area (Å²) in [5, 5.41) is 3.28. The van der Waals surface area contributed by atoms with Crippen molar-refractivity contribution in [2.45, 2.75) is 26.1 Å². The topological polar surface area (TPSA) is 12.0 Å². The van der Waals surface area contributed by atoms with Gasteiger partial charge in [0, 0.05) is 11.7 Å². The molecule has 0 amide bonds. The van der Waals surface area contributed by atoms with Gasteiger partial charge in [0.2, 0.25) is 0 Å². The average molecular weight is 279 g/mol. The zero-order chi connectivity index (χ0) is 14.8. The number of hydrogen-bond acceptors (Lipinski definition) is 1. The third-order valence-corrected chi connectivity index (χ3v) is 3.14. The minimum absolute atomic E-state index is 0.0564. The molecular weight excluding hydrogens is 263 g/mol. The number of nitrogens with one attached hydrogen (secondary N) is 1. The monoisotopic (exact) mass is 279 g/mol. The van der Waals surface area contributed by atoms with Crippen molar-refractivity contribution in [2.24, 2.45) is 0 Å². The van der Waals surface area contributed by atoms with Gasteiger partial charge in [-0.05, 0) is 49.2 Å². The highest BCUT2D eigenvalue weighted by molar-refractivity contribution is 5.47. The van der Waals surface area contributed by atoms with Crippen LogP contribution in [0.2, 0.25) is 0 Å². The zero-order valence-electron chi connectivity index (χ0n) is 11.3. The SMILES string of the molecule is Cc1cccc(NC(C)c2ccc(C(F)(F)F)cc2)c1. The van der Waals surface area contributed by atoms with Crippen LogP contribution in [0.5, 0.6) is 0 Å². The summed E-state index contributed by atoms with van der Waals surface area (Å²) >= 11 is 0. The van der Waals surface area contributed by atoms with Gasteiger partial charge in [0.1, 0.15) is 0 Å². The number of alkyl halides is 3. The van der Waals surface area contributed by atoms with Gasteiger partial charge in [-0.3, -0.25) is 0 Å². The van der Waals surface area contributed by atoms with Crippen LogP contribution in [0.15, 0.2) is 48.5 Å². The molecule has 1 atom stereocenters. The number of benzene rings is 2. The molecule has 1 unspecified atom stereocenters. The lowest BCUT2D eigenvalue weighted by atomic mass is 10.1. The molecule has 0 spiro atoms. The van der Waals surface area contributed by atoms with Gasteiger partial charge in [0.15, 0.2) is 0 Å². The van der Waals surface area contributed by atoms with Crippen molar-refractivity contribution in [2.75, 3.05) is 5.32 Å². The first-order valence-corrected chi connectivity index (χ1v) is 6.36. The summed E-state index contributed by atoms with van der Waals surface area (Å²) in [5.41, 5.74) is 2.29. The molecule has 2 rings (SSSR count). The van der Waals surface area contributed by atoms with E-state index in [1.165, 1.54) is 12.1 Å². The van der Waals surface area contributed by atoms with E-state index < -0.39 is 11.7 Å². The number of aryl methyl sites for hydroxylation is 1. The molecule has 4 heteroatoms. The van der Waals surface area contributed by atoms with E-state index in [1.807, 2.05) is 38.1 Å². The van der Waals surface area contributed by atoms with Gasteiger partial charge in [-0.1, -0.05) is 24.3 Å². The summed E-state index contributed by atoms with van der Waals surface area (Å²) in [5.74, 6) is 0. The fraction of sp³-hybridized carbons (Fsp3) is 0.250. The Morgan fingerprint density at radius 3 is 2.20 bits per heavy atom. The van der Waals surface area contributed by atoms with Crippen molar-refractivity contribution in [3.8, 4) is 0 Å². The maximum atomic E-state index is 12.5. The summed E-state index contributed by atoms with van der Waals surface area (Å²) in [4.78, 5) is 0. The highest BCUT2D eigenvalue weighted by Crippen LogP contribution is 2.30. The Morgan fingerprint density at radius 2 is 1.65 bits per heavy atom. The lowest BCUT2D eigenvalue weighted by Crippen LogP contribution is -2.08. The van der Waals surface area contributed by atoms with E-state index in [4.69, 9.17) is 0 Å². The third kappa shape index (κ3) is 3.53. The molecule has 0 aliphatic rings. The maximum Gasteiger partial charge on any atom is 0.416 e. The second kappa shape index (κ2) is 5.57. The van der Waals surface area contributed by atoms with Crippen molar-refractivity contribution >= 4 is 5.69 Å². The Labute approximate surface area is 116 Å². The first-order chi connectivity index (χ1) is 9.36. The molecular formula is C16H16F3N. The van der Waals surface area contributed by atoms with Crippen LogP contribution in [-0.2, 0) is 6.18 Å². The van der Waals surface area contributed by atoms with Gasteiger partial charge in [-0.25, -0.2) is 0 Å². The number of halogens is 3. The highest BCUT2D eigenvalue weighted by atomic mass is 19.4. The Hall–Kier alpha value is -1.97. The van der Waals surface area contributed by atoms with E-state index in [-0.39, 0.29) is 6.04 Å². The van der Waals surface area contributed by atoms with Crippen molar-refractivity contribution in [1.82, 2.24) is 0 Å². The third-order valence-electron chi connectivity index (χ3n) is 3.14. The molecule has 0 aliphatic carbocycles. The van der Waals surface area contributed by atoms with E-state index in [0.717, 1.165) is 28.9 Å². The average Bonchev–Trinajstić information content (AvgIpc) is 2.38. The fourth-order valence-electron chi connectivity index (χ4n) is 2.03. The second-order valence-electron chi connectivity index (χ2n) is 4.86. The quantitative estimate of drug-likeness (QED) is 0.815. The van der Waals surface area contributed by atoms with E-state index in [2.05, 4.69) is 5.32 Å². The van der Waals surface area contributed by atoms with Crippen LogP contribution in [0.4, 0.5) is 18.9 Å². The summed E-state index contributed by atoms with van der Waals surface area (Å²) in [7, 11) is 0. The molecule has 0 saturated carbocycles. The van der Waals surface area contributed by atoms with Crippen LogP contribution in [-0.4, -0.2) is 0 Å². The fourth-order valence-corrected chi connectivity index (χ4v) is 2.03. The molecule has 1 nitrogen and oxygen atoms in total. The first-order valence-electron chi connectivity index (χ1n) is 6.36. The molecule has 0 saturated heterocycles. The Bertz CT molecular complexity index is 573. The second-order valence-corrected chi connectivity index (χ2v) is 4.86. The number of hydrogen-bond donors (Lipinski definition) is 1. The normalized spacial score (nSPS) is 13.1. The van der Waals surface area contributed by atoms with Crippen molar-refractivity contribution in [3.63, 3.8) is 0 Å². The summed E-state index contributed by atoms with van der Waals surface area (Å²) in [6.45, 7) is 3.92. The standard InChI is InChI=1S/C16H16F3N/c1-11-4-3-5-15(10-11)20-12(2)13-6-8-14(9-7-13)16(17,18)19/h3-10,12,20H,1-2H3. The first kappa shape index (κ1) is 14.4. The smallest absolute Gasteiger partial charge is 0.379 e. The maximum absolute atomic E-state index is 12.5. The molecule has 1 N–H and O–H groups in total. The van der Waals surface area contributed by atoms with Crippen molar-refractivity contribution in [3.05, 3.63) is 65.2 Å². The van der Waals surface area contributed by atoms with Crippen LogP contribution < -0.4 is 5.32 Å². The van der Waals surface area contributed by atoms with Crippen LogP contribution in [0.25, 0.3) is 0 Å². The van der Waals surface area contributed by atoms with Crippen molar-refractivity contribution < 1.29 is 13.2 Å². The number of rotatable bonds is 3. The van der Waals surface area contributed by atoms with Gasteiger partial charge in [-0.15, -0.1) is 0 Å². The lowest BCUT2D eigenvalue weighted by molar-refractivity contribution is -0.137. The van der Waals surface area contributed by atoms with Crippen LogP contribution >= 0.6 is 0 Å². The molecule has 2 aromatic carbocycles. The van der Waals surface area contributed by atoms with E-state index in [1.54, 1.807) is 0 Å². The Balaban J connectivity index is 2.11. The summed E-state index contributed by atoms with van der Waals surface area (Å²) in [6.07, 6.45) is -4.29. The summed E-state index contributed by atoms with van der Waals surface area (Å²) < 4.78 is 37.5. The lowest BCUT2D eigenvalue weighted by Gasteiger charge is -2.17. The van der Waals surface area contributed by atoms with Crippen molar-refractivity contribution in [1.29, 1.82) is 0 Å². The summed E-state index contributed by atoms with van der Waals surface area (Å²) in [6, 6.07) is 13.1. The largest absolute Gasteiger partial charge is 0.416 e. The van der Waals surface area contributed by atoms with Crippen LogP contribution in [0, 0.1) is 6.92 Å². The van der Waals surface area contributed by atoms with Gasteiger partial charge in [-0.2, -0.15) is 13.2 Å². The van der Waals surface area contributed by atoms with Gasteiger partial charge in [0.05, 0.1) is 5.56 Å². The molecule has 0 heterocycles. The Morgan fingerprint density at radius 1 is 1.00 bits per heavy atom. The molecule has 20 heavy (non-hydrogen) atoms. The molecule has 0 aliphatic heterocycles. The minimum Gasteiger partial charge on any atom is -0.379 e. The van der Waals surface area contributed by atoms with Crippen LogP contribution in [0.1, 0.15) is 29.7 Å². The number of anilines is 1. The van der Waals surface area contributed by atoms with Crippen LogP contribution in [0.3, 0.4) is 0 Å². The molecule has 2 aromatic rings. The predicted molar refractivity (Wildman–Crippen MR) is 74.7 cm³/mol. The van der Waals surface area contributed by atoms with E-state index >= 15 is 0 Å². The van der Waals surface area contributed by atoms with E-state index in [9.17, 15) is 13.2 Å². The predicted octanol–water partition coefficient (Wildman–Crippen LogP) is 5.19. The van der Waals surface area contributed by atoms with Gasteiger partial charge >= 0.3 is 6.18 Å². The molecule has 0 bridgehead atoms. The zero-order valence-corrected chi connectivity index (χ0v) is 11.3. The van der Waals surface area contributed by atoms with Gasteiger partial charge in [0.25, 0.3) is 0 Å². The molecule has 0 fully saturated rings. The van der Waals surface area contributed by atoms with E-state index in [0.29, 0.717) is 0 Å².